The molecule has 0 unspecified atom stereocenters. The minimum Gasteiger partial charge on any atom is -0.473 e. The van der Waals surface area contributed by atoms with Crippen molar-refractivity contribution in [2.45, 2.75) is 0 Å². The third kappa shape index (κ3) is 6.56. The molecule has 0 bridgehead atoms. The smallest absolute Gasteiger partial charge is 0.414 e. The summed E-state index contributed by atoms with van der Waals surface area (Å²) in [5.74, 6) is -3.65. The van der Waals surface area contributed by atoms with Gasteiger partial charge in [-0.05, 0) is 6.20 Å². The van der Waals surface area contributed by atoms with Crippen LogP contribution in [0.25, 0.3) is 0 Å². The summed E-state index contributed by atoms with van der Waals surface area (Å²) in [6.07, 6.45) is 4.00. The Morgan fingerprint density at radius 3 is 1.92 bits per heavy atom. The van der Waals surface area contributed by atoms with Crippen molar-refractivity contribution in [2.75, 3.05) is 13.2 Å². The lowest BCUT2D eigenvalue weighted by molar-refractivity contribution is -0.159. The van der Waals surface area contributed by atoms with Crippen LogP contribution in [0.2, 0.25) is 0 Å². The summed E-state index contributed by atoms with van der Waals surface area (Å²) in [5, 5.41) is 20.9. The van der Waals surface area contributed by atoms with Crippen LogP contribution in [0.4, 0.5) is 0 Å². The second-order valence-corrected chi connectivity index (χ2v) is 1.85. The summed E-state index contributed by atoms with van der Waals surface area (Å²) in [5.41, 5.74) is 0. The maximum Gasteiger partial charge on any atom is 0.414 e. The Morgan fingerprint density at radius 1 is 1.25 bits per heavy atom. The zero-order valence-corrected chi connectivity index (χ0v) is 6.28. The summed E-state index contributed by atoms with van der Waals surface area (Å²) >= 11 is 0. The Kier molecular flexibility index (Phi) is 5.37. The van der Waals surface area contributed by atoms with E-state index in [0.717, 1.165) is 13.2 Å². The van der Waals surface area contributed by atoms with Gasteiger partial charge in [0.2, 0.25) is 0 Å². The number of carboxylic acids is 2. The molecule has 0 aromatic heterocycles. The van der Waals surface area contributed by atoms with E-state index in [-0.39, 0.29) is 0 Å². The monoisotopic (exact) mass is 174 g/mol. The zero-order chi connectivity index (χ0) is 9.40. The number of carbonyl (C=O) groups is 2. The van der Waals surface area contributed by atoms with E-state index >= 15 is 0 Å². The van der Waals surface area contributed by atoms with Gasteiger partial charge in [-0.2, -0.15) is 0 Å². The Morgan fingerprint density at radius 2 is 1.83 bits per heavy atom. The first-order chi connectivity index (χ1) is 5.64. The van der Waals surface area contributed by atoms with E-state index < -0.39 is 11.9 Å². The van der Waals surface area contributed by atoms with Gasteiger partial charge in [-0.1, -0.05) is 6.08 Å². The van der Waals surface area contributed by atoms with Gasteiger partial charge in [-0.3, -0.25) is 5.32 Å². The highest BCUT2D eigenvalue weighted by Crippen LogP contribution is 1.68. The second-order valence-electron chi connectivity index (χ2n) is 1.85. The fourth-order valence-corrected chi connectivity index (χ4v) is 0.429. The summed E-state index contributed by atoms with van der Waals surface area (Å²) in [7, 11) is 0. The molecule has 0 fully saturated rings. The third-order valence-electron chi connectivity index (χ3n) is 0.908. The van der Waals surface area contributed by atoms with Crippen LogP contribution in [0.1, 0.15) is 0 Å². The average Bonchev–Trinajstić information content (AvgIpc) is 2.08. The highest BCUT2D eigenvalue weighted by Gasteiger charge is 2.04. The second kappa shape index (κ2) is 6.17. The molecule has 4 N–H and O–H groups in total. The molecule has 1 rings (SSSR count). The molecule has 0 aromatic rings. The maximum atomic E-state index is 9.10. The first kappa shape index (κ1) is 10.4. The Bertz CT molecular complexity index is 170. The number of hydrogen-bond acceptors (Lipinski definition) is 4. The van der Waals surface area contributed by atoms with Crippen molar-refractivity contribution in [3.05, 3.63) is 12.3 Å². The number of nitrogens with one attached hydrogen (secondary N) is 2. The molecule has 0 aromatic carbocycles. The summed E-state index contributed by atoms with van der Waals surface area (Å²) in [4.78, 5) is 18.2. The van der Waals surface area contributed by atoms with Gasteiger partial charge in [-0.15, -0.1) is 0 Å². The topological polar surface area (TPSA) is 98.7 Å². The van der Waals surface area contributed by atoms with Crippen LogP contribution < -0.4 is 10.6 Å². The lowest BCUT2D eigenvalue weighted by Gasteiger charge is -2.05. The van der Waals surface area contributed by atoms with Gasteiger partial charge in [0.15, 0.2) is 0 Å². The zero-order valence-electron chi connectivity index (χ0n) is 6.28. The maximum absolute atomic E-state index is 9.10. The van der Waals surface area contributed by atoms with Crippen LogP contribution in [0.3, 0.4) is 0 Å². The molecule has 0 saturated heterocycles. The average molecular weight is 174 g/mol. The standard InChI is InChI=1S/C4H8N2.C2H2O4/c1-2-5-4-6-3-1;3-1(4)2(5)6/h1-2,5-6H,3-4H2;(H,3,4)(H,5,6). The molecule has 1 heterocycles. The highest BCUT2D eigenvalue weighted by molar-refractivity contribution is 6.27. The van der Waals surface area contributed by atoms with Crippen LogP contribution in [0.5, 0.6) is 0 Å². The van der Waals surface area contributed by atoms with Crippen molar-refractivity contribution < 1.29 is 19.8 Å². The molecule has 1 aliphatic rings. The summed E-state index contributed by atoms with van der Waals surface area (Å²) in [6.45, 7) is 1.92. The van der Waals surface area contributed by atoms with Gasteiger partial charge in [0.1, 0.15) is 0 Å². The molecule has 6 nitrogen and oxygen atoms in total. The van der Waals surface area contributed by atoms with Crippen molar-refractivity contribution in [2.24, 2.45) is 0 Å². The molecule has 0 radical (unpaired) electrons. The van der Waals surface area contributed by atoms with Gasteiger partial charge in [0.05, 0.1) is 6.67 Å². The van der Waals surface area contributed by atoms with Gasteiger partial charge in [0.25, 0.3) is 0 Å². The van der Waals surface area contributed by atoms with Gasteiger partial charge >= 0.3 is 11.9 Å². The first-order valence-electron chi connectivity index (χ1n) is 3.20. The van der Waals surface area contributed by atoms with E-state index in [4.69, 9.17) is 19.8 Å². The van der Waals surface area contributed by atoms with Crippen molar-refractivity contribution in [3.63, 3.8) is 0 Å². The van der Waals surface area contributed by atoms with Crippen LogP contribution >= 0.6 is 0 Å². The normalized spacial score (nSPS) is 13.7. The van der Waals surface area contributed by atoms with Crippen molar-refractivity contribution in [3.8, 4) is 0 Å². The minimum atomic E-state index is -1.82. The van der Waals surface area contributed by atoms with Gasteiger partial charge < -0.3 is 15.5 Å². The molecular weight excluding hydrogens is 164 g/mol. The fourth-order valence-electron chi connectivity index (χ4n) is 0.429. The molecule has 0 atom stereocenters. The van der Waals surface area contributed by atoms with Crippen LogP contribution in [-0.2, 0) is 9.59 Å². The van der Waals surface area contributed by atoms with Gasteiger partial charge in [-0.25, -0.2) is 9.59 Å². The lowest BCUT2D eigenvalue weighted by atomic mass is 10.5. The molecular formula is C6H10N2O4. The SMILES string of the molecule is C1=CNCNC1.O=C(O)C(=O)O. The number of aliphatic carboxylic acids is 2. The van der Waals surface area contributed by atoms with E-state index in [1.807, 2.05) is 12.3 Å². The van der Waals surface area contributed by atoms with Crippen LogP contribution in [-0.4, -0.2) is 35.4 Å². The molecule has 1 aliphatic heterocycles. The summed E-state index contributed by atoms with van der Waals surface area (Å²) in [6, 6.07) is 0. The number of carboxylic acid groups (broad SMARTS) is 2. The molecule has 6 heteroatoms. The fraction of sp³-hybridized carbons (Fsp3) is 0.333. The van der Waals surface area contributed by atoms with Crippen molar-refractivity contribution in [1.82, 2.24) is 10.6 Å². The Labute approximate surface area is 68.9 Å². The predicted molar refractivity (Wildman–Crippen MR) is 40.4 cm³/mol. The first-order valence-corrected chi connectivity index (χ1v) is 3.20. The van der Waals surface area contributed by atoms with E-state index in [9.17, 15) is 0 Å². The third-order valence-corrected chi connectivity index (χ3v) is 0.908. The van der Waals surface area contributed by atoms with Gasteiger partial charge in [0, 0.05) is 6.54 Å². The molecule has 0 amide bonds. The largest absolute Gasteiger partial charge is 0.473 e. The Hall–Kier alpha value is -1.56. The highest BCUT2D eigenvalue weighted by atomic mass is 16.4. The molecule has 68 valence electrons. The minimum absolute atomic E-state index is 0.913. The molecule has 0 saturated carbocycles. The molecule has 12 heavy (non-hydrogen) atoms. The van der Waals surface area contributed by atoms with E-state index in [1.165, 1.54) is 0 Å². The quantitative estimate of drug-likeness (QED) is 0.344. The van der Waals surface area contributed by atoms with Crippen molar-refractivity contribution >= 4 is 11.9 Å². The molecule has 0 aliphatic carbocycles. The van der Waals surface area contributed by atoms with Crippen LogP contribution in [0, 0.1) is 0 Å². The van der Waals surface area contributed by atoms with E-state index in [0.29, 0.717) is 0 Å². The van der Waals surface area contributed by atoms with E-state index in [1.54, 1.807) is 0 Å². The van der Waals surface area contributed by atoms with E-state index in [2.05, 4.69) is 10.6 Å². The predicted octanol–water partition coefficient (Wildman–Crippen LogP) is -1.19. The van der Waals surface area contributed by atoms with Crippen LogP contribution in [0.15, 0.2) is 12.3 Å². The number of hydrogen-bond donors (Lipinski definition) is 4. The number of rotatable bonds is 0. The summed E-state index contributed by atoms with van der Waals surface area (Å²) < 4.78 is 0. The Balaban J connectivity index is 0.000000202. The lowest BCUT2D eigenvalue weighted by Crippen LogP contribution is -2.29. The molecule has 0 spiro atoms. The van der Waals surface area contributed by atoms with Crippen molar-refractivity contribution in [1.29, 1.82) is 0 Å².